The van der Waals surface area contributed by atoms with Gasteiger partial charge in [0.15, 0.2) is 4.34 Å². The number of carbonyl (C=O) groups is 2. The molecule has 11 heteroatoms. The number of anilines is 1. The summed E-state index contributed by atoms with van der Waals surface area (Å²) in [6.07, 6.45) is 1.44. The van der Waals surface area contributed by atoms with Gasteiger partial charge in [0.05, 0.1) is 25.0 Å². The van der Waals surface area contributed by atoms with Crippen LogP contribution in [-0.4, -0.2) is 35.3 Å². The molecule has 0 fully saturated rings. The van der Waals surface area contributed by atoms with Crippen molar-refractivity contribution in [3.63, 3.8) is 0 Å². The van der Waals surface area contributed by atoms with Crippen LogP contribution in [0.1, 0.15) is 21.7 Å². The number of aromatic nitrogens is 2. The predicted molar refractivity (Wildman–Crippen MR) is 123 cm³/mol. The summed E-state index contributed by atoms with van der Waals surface area (Å²) in [6.45, 7) is 1.90. The van der Waals surface area contributed by atoms with E-state index >= 15 is 0 Å². The summed E-state index contributed by atoms with van der Waals surface area (Å²) >= 11 is 3.07. The summed E-state index contributed by atoms with van der Waals surface area (Å²) in [7, 11) is 1.60. The van der Waals surface area contributed by atoms with Crippen molar-refractivity contribution >= 4 is 46.8 Å². The smallest absolute Gasteiger partial charge is 0.329 e. The lowest BCUT2D eigenvalue weighted by Crippen LogP contribution is -2.32. The molecule has 3 rings (SSSR count). The summed E-state index contributed by atoms with van der Waals surface area (Å²) in [5.74, 6) is -0.437. The lowest BCUT2D eigenvalue weighted by atomic mass is 10.1. The second kappa shape index (κ2) is 11.0. The quantitative estimate of drug-likeness (QED) is 0.237. The Morgan fingerprint density at radius 3 is 2.66 bits per heavy atom. The van der Waals surface area contributed by atoms with Crippen LogP contribution in [0.3, 0.4) is 0 Å². The normalized spacial score (nSPS) is 10.5. The van der Waals surface area contributed by atoms with Crippen molar-refractivity contribution in [2.75, 3.05) is 12.4 Å². The highest BCUT2D eigenvalue weighted by atomic mass is 32.2. The van der Waals surface area contributed by atoms with E-state index in [4.69, 9.17) is 10.00 Å². The second-order valence-electron chi connectivity index (χ2n) is 6.29. The Morgan fingerprint density at radius 1 is 1.22 bits per heavy atom. The number of nitrogens with one attached hydrogen (secondary N) is 2. The lowest BCUT2D eigenvalue weighted by molar-refractivity contribution is -0.136. The SMILES string of the molecule is COc1ccc(/C=N\NC(=O)C(=O)Nc2ccc(C#N)cc2)cc1CSc1nnc(C)s1. The highest BCUT2D eigenvalue weighted by Crippen LogP contribution is 2.30. The molecule has 0 aliphatic carbocycles. The highest BCUT2D eigenvalue weighted by molar-refractivity contribution is 8.00. The molecule has 9 nitrogen and oxygen atoms in total. The minimum absolute atomic E-state index is 0.399. The Balaban J connectivity index is 1.58. The van der Waals surface area contributed by atoms with Gasteiger partial charge in [-0.25, -0.2) is 5.43 Å². The molecule has 0 saturated carbocycles. The van der Waals surface area contributed by atoms with Gasteiger partial charge in [-0.15, -0.1) is 10.2 Å². The lowest BCUT2D eigenvalue weighted by Gasteiger charge is -2.08. The van der Waals surface area contributed by atoms with Crippen molar-refractivity contribution in [3.05, 3.63) is 64.2 Å². The van der Waals surface area contributed by atoms with Gasteiger partial charge in [-0.05, 0) is 55.0 Å². The number of rotatable bonds is 7. The summed E-state index contributed by atoms with van der Waals surface area (Å²) in [6, 6.07) is 13.6. The number of thioether (sulfide) groups is 1. The zero-order valence-electron chi connectivity index (χ0n) is 17.2. The Labute approximate surface area is 192 Å². The third kappa shape index (κ3) is 6.37. The van der Waals surface area contributed by atoms with Crippen LogP contribution in [0.15, 0.2) is 51.9 Å². The maximum atomic E-state index is 12.0. The van der Waals surface area contributed by atoms with Gasteiger partial charge in [-0.1, -0.05) is 23.1 Å². The van der Waals surface area contributed by atoms with Crippen molar-refractivity contribution in [2.24, 2.45) is 5.10 Å². The van der Waals surface area contributed by atoms with E-state index in [-0.39, 0.29) is 0 Å². The fourth-order valence-electron chi connectivity index (χ4n) is 2.50. The number of carbonyl (C=O) groups excluding carboxylic acids is 2. The van der Waals surface area contributed by atoms with Gasteiger partial charge in [0, 0.05) is 17.0 Å². The monoisotopic (exact) mass is 466 g/mol. The predicted octanol–water partition coefficient (Wildman–Crippen LogP) is 3.11. The van der Waals surface area contributed by atoms with Crippen LogP contribution in [-0.2, 0) is 15.3 Å². The average Bonchev–Trinajstić information content (AvgIpc) is 3.23. The molecule has 0 aliphatic heterocycles. The molecule has 2 amide bonds. The van der Waals surface area contributed by atoms with E-state index in [1.165, 1.54) is 41.8 Å². The van der Waals surface area contributed by atoms with E-state index in [9.17, 15) is 9.59 Å². The number of hydrogen-bond acceptors (Lipinski definition) is 9. The summed E-state index contributed by atoms with van der Waals surface area (Å²) in [4.78, 5) is 23.9. The topological polar surface area (TPSA) is 129 Å². The van der Waals surface area contributed by atoms with E-state index in [0.29, 0.717) is 17.0 Å². The molecule has 32 heavy (non-hydrogen) atoms. The van der Waals surface area contributed by atoms with Gasteiger partial charge in [-0.2, -0.15) is 10.4 Å². The average molecular weight is 467 g/mol. The van der Waals surface area contributed by atoms with Gasteiger partial charge >= 0.3 is 11.8 Å². The molecule has 2 N–H and O–H groups in total. The Hall–Kier alpha value is -3.75. The molecule has 0 unspecified atom stereocenters. The van der Waals surface area contributed by atoms with Crippen LogP contribution in [0.25, 0.3) is 0 Å². The summed E-state index contributed by atoms with van der Waals surface area (Å²) < 4.78 is 6.27. The number of benzene rings is 2. The van der Waals surface area contributed by atoms with E-state index in [1.54, 1.807) is 24.9 Å². The fraction of sp³-hybridized carbons (Fsp3) is 0.143. The molecule has 0 spiro atoms. The van der Waals surface area contributed by atoms with E-state index < -0.39 is 11.8 Å². The van der Waals surface area contributed by atoms with Gasteiger partial charge in [0.1, 0.15) is 10.8 Å². The maximum absolute atomic E-state index is 12.0. The zero-order valence-corrected chi connectivity index (χ0v) is 18.8. The van der Waals surface area contributed by atoms with Crippen LogP contribution < -0.4 is 15.5 Å². The van der Waals surface area contributed by atoms with E-state index in [1.807, 2.05) is 25.1 Å². The van der Waals surface area contributed by atoms with Crippen molar-refractivity contribution in [3.8, 4) is 11.8 Å². The molecule has 1 aromatic heterocycles. The van der Waals surface area contributed by atoms with Crippen molar-refractivity contribution in [1.82, 2.24) is 15.6 Å². The molecule has 0 saturated heterocycles. The van der Waals surface area contributed by atoms with Gasteiger partial charge in [0.2, 0.25) is 0 Å². The largest absolute Gasteiger partial charge is 0.496 e. The first kappa shape index (κ1) is 22.9. The number of hydrogen-bond donors (Lipinski definition) is 2. The van der Waals surface area contributed by atoms with Gasteiger partial charge < -0.3 is 10.1 Å². The highest BCUT2D eigenvalue weighted by Gasteiger charge is 2.13. The number of nitrogens with zero attached hydrogens (tertiary/aromatic N) is 4. The van der Waals surface area contributed by atoms with Crippen LogP contribution >= 0.6 is 23.1 Å². The first-order valence-electron chi connectivity index (χ1n) is 9.23. The second-order valence-corrected chi connectivity index (χ2v) is 8.69. The van der Waals surface area contributed by atoms with E-state index in [0.717, 1.165) is 26.2 Å². The van der Waals surface area contributed by atoms with Crippen LogP contribution in [0.5, 0.6) is 5.75 Å². The zero-order chi connectivity index (χ0) is 22.9. The third-order valence-electron chi connectivity index (χ3n) is 4.02. The molecule has 0 atom stereocenters. The molecule has 3 aromatic rings. The molecular formula is C21H18N6O3S2. The maximum Gasteiger partial charge on any atom is 0.329 e. The van der Waals surface area contributed by atoms with Crippen molar-refractivity contribution in [2.45, 2.75) is 17.0 Å². The minimum atomic E-state index is -0.915. The Kier molecular flexibility index (Phi) is 7.91. The number of aryl methyl sites for hydroxylation is 1. The van der Waals surface area contributed by atoms with Crippen molar-refractivity contribution < 1.29 is 14.3 Å². The third-order valence-corrected chi connectivity index (χ3v) is 6.04. The minimum Gasteiger partial charge on any atom is -0.496 e. The fourth-order valence-corrected chi connectivity index (χ4v) is 4.29. The number of amides is 2. The molecule has 162 valence electrons. The summed E-state index contributed by atoms with van der Waals surface area (Å²) in [5, 5.41) is 24.1. The van der Waals surface area contributed by atoms with Crippen LogP contribution in [0.2, 0.25) is 0 Å². The molecule has 1 heterocycles. The first-order chi connectivity index (χ1) is 15.5. The Morgan fingerprint density at radius 2 is 2.00 bits per heavy atom. The van der Waals surface area contributed by atoms with Gasteiger partial charge in [-0.3, -0.25) is 9.59 Å². The summed E-state index contributed by atoms with van der Waals surface area (Å²) in [5.41, 5.74) is 4.70. The standard InChI is InChI=1S/C21H18N6O3S2/c1-13-25-27-21(32-13)31-12-16-9-15(5-8-18(16)30-2)11-23-26-20(29)19(28)24-17-6-3-14(10-22)4-7-17/h3-9,11H,12H2,1-2H3,(H,24,28)(H,26,29)/b23-11-. The number of ether oxygens (including phenoxy) is 1. The number of nitriles is 1. The van der Waals surface area contributed by atoms with Crippen LogP contribution in [0.4, 0.5) is 5.69 Å². The first-order valence-corrected chi connectivity index (χ1v) is 11.0. The Bertz CT molecular complexity index is 1180. The molecule has 0 aliphatic rings. The molecule has 0 bridgehead atoms. The molecule has 0 radical (unpaired) electrons. The van der Waals surface area contributed by atoms with Crippen LogP contribution in [0, 0.1) is 18.3 Å². The molecule has 2 aromatic carbocycles. The van der Waals surface area contributed by atoms with Gasteiger partial charge in [0.25, 0.3) is 0 Å². The van der Waals surface area contributed by atoms with Crippen molar-refractivity contribution in [1.29, 1.82) is 5.26 Å². The van der Waals surface area contributed by atoms with E-state index in [2.05, 4.69) is 26.0 Å². The number of methoxy groups -OCH3 is 1. The number of hydrazone groups is 1. The molecular weight excluding hydrogens is 448 g/mol.